The second-order valence-electron chi connectivity index (χ2n) is 4.66. The molecular weight excluding hydrogens is 287 g/mol. The molecule has 0 radical (unpaired) electrons. The fourth-order valence-electron chi connectivity index (χ4n) is 2.03. The molecule has 1 N–H and O–H groups in total. The Kier molecular flexibility index (Phi) is 4.06. The molecule has 114 valence electrons. The zero-order chi connectivity index (χ0) is 15.6. The van der Waals surface area contributed by atoms with Gasteiger partial charge in [0.1, 0.15) is 12.3 Å². The number of aryl methyl sites for hydroxylation is 2. The number of nitrogens with zero attached hydrogens (tertiary/aromatic N) is 2. The van der Waals surface area contributed by atoms with Gasteiger partial charge in [-0.25, -0.2) is 0 Å². The van der Waals surface area contributed by atoms with Gasteiger partial charge >= 0.3 is 6.18 Å². The van der Waals surface area contributed by atoms with Crippen molar-refractivity contribution in [3.63, 3.8) is 0 Å². The van der Waals surface area contributed by atoms with Crippen LogP contribution < -0.4 is 0 Å². The number of furan rings is 1. The fourth-order valence-corrected chi connectivity index (χ4v) is 2.03. The molecule has 0 fully saturated rings. The van der Waals surface area contributed by atoms with E-state index in [0.29, 0.717) is 16.3 Å². The van der Waals surface area contributed by atoms with Crippen molar-refractivity contribution in [1.29, 1.82) is 0 Å². The van der Waals surface area contributed by atoms with E-state index in [9.17, 15) is 18.0 Å². The smallest absolute Gasteiger partial charge is 0.406 e. The highest BCUT2D eigenvalue weighted by atomic mass is 19.4. The van der Waals surface area contributed by atoms with E-state index < -0.39 is 18.6 Å². The molecule has 0 aliphatic carbocycles. The molecule has 0 spiro atoms. The van der Waals surface area contributed by atoms with Crippen molar-refractivity contribution in [3.8, 4) is 0 Å². The second-order valence-corrected chi connectivity index (χ2v) is 4.66. The summed E-state index contributed by atoms with van der Waals surface area (Å²) in [6.07, 6.45) is -3.15. The molecule has 1 amide bonds. The zero-order valence-corrected chi connectivity index (χ0v) is 11.5. The first-order valence-electron chi connectivity index (χ1n) is 6.18. The van der Waals surface area contributed by atoms with Crippen molar-refractivity contribution in [2.75, 3.05) is 6.54 Å². The van der Waals surface area contributed by atoms with E-state index in [2.05, 4.69) is 10.2 Å². The van der Waals surface area contributed by atoms with Crippen LogP contribution in [-0.2, 0) is 6.54 Å². The number of H-pyrrole nitrogens is 1. The highest BCUT2D eigenvalue weighted by Crippen LogP contribution is 2.22. The second kappa shape index (κ2) is 5.63. The van der Waals surface area contributed by atoms with Crippen LogP contribution in [0.3, 0.4) is 0 Å². The van der Waals surface area contributed by atoms with Gasteiger partial charge in [-0.1, -0.05) is 0 Å². The molecule has 0 unspecified atom stereocenters. The lowest BCUT2D eigenvalue weighted by atomic mass is 10.1. The van der Waals surface area contributed by atoms with Gasteiger partial charge in [0, 0.05) is 5.69 Å². The average Bonchev–Trinajstić information content (AvgIpc) is 2.97. The van der Waals surface area contributed by atoms with Gasteiger partial charge in [0.05, 0.1) is 24.1 Å². The Morgan fingerprint density at radius 3 is 2.62 bits per heavy atom. The normalized spacial score (nSPS) is 11.7. The van der Waals surface area contributed by atoms with Crippen LogP contribution in [0.25, 0.3) is 0 Å². The lowest BCUT2D eigenvalue weighted by Gasteiger charge is -2.23. The Labute approximate surface area is 118 Å². The van der Waals surface area contributed by atoms with Gasteiger partial charge in [-0.15, -0.1) is 0 Å². The van der Waals surface area contributed by atoms with Crippen LogP contribution in [0.4, 0.5) is 13.2 Å². The van der Waals surface area contributed by atoms with Crippen LogP contribution in [0.2, 0.25) is 0 Å². The van der Waals surface area contributed by atoms with Gasteiger partial charge < -0.3 is 9.32 Å². The summed E-state index contributed by atoms with van der Waals surface area (Å²) < 4.78 is 43.1. The third-order valence-corrected chi connectivity index (χ3v) is 2.93. The van der Waals surface area contributed by atoms with E-state index in [1.165, 1.54) is 12.3 Å². The van der Waals surface area contributed by atoms with Crippen LogP contribution in [0, 0.1) is 13.8 Å². The van der Waals surface area contributed by atoms with Crippen LogP contribution in [-0.4, -0.2) is 33.7 Å². The van der Waals surface area contributed by atoms with E-state index in [1.54, 1.807) is 19.9 Å². The summed E-state index contributed by atoms with van der Waals surface area (Å²) in [5.74, 6) is -0.445. The maximum absolute atomic E-state index is 12.7. The molecule has 0 saturated heterocycles. The Hall–Kier alpha value is -2.25. The number of carbonyl (C=O) groups excluding carboxylic acids is 1. The predicted molar refractivity (Wildman–Crippen MR) is 67.6 cm³/mol. The SMILES string of the molecule is Cc1n[nH]c(C)c1C(=O)N(Cc1ccco1)CC(F)(F)F. The zero-order valence-electron chi connectivity index (χ0n) is 11.5. The third kappa shape index (κ3) is 3.65. The minimum absolute atomic E-state index is 0.158. The summed E-state index contributed by atoms with van der Waals surface area (Å²) in [4.78, 5) is 13.1. The monoisotopic (exact) mass is 301 g/mol. The van der Waals surface area contributed by atoms with Crippen molar-refractivity contribution in [2.24, 2.45) is 0 Å². The van der Waals surface area contributed by atoms with E-state index in [0.717, 1.165) is 0 Å². The number of alkyl halides is 3. The number of hydrogen-bond donors (Lipinski definition) is 1. The van der Waals surface area contributed by atoms with Gasteiger partial charge in [-0.2, -0.15) is 18.3 Å². The van der Waals surface area contributed by atoms with Crippen molar-refractivity contribution in [1.82, 2.24) is 15.1 Å². The topological polar surface area (TPSA) is 62.1 Å². The van der Waals surface area contributed by atoms with Crippen LogP contribution in [0.1, 0.15) is 27.5 Å². The Morgan fingerprint density at radius 1 is 1.43 bits per heavy atom. The largest absolute Gasteiger partial charge is 0.467 e. The van der Waals surface area contributed by atoms with Gasteiger partial charge in [0.2, 0.25) is 0 Å². The molecule has 2 aromatic heterocycles. The van der Waals surface area contributed by atoms with Gasteiger partial charge in [-0.3, -0.25) is 9.89 Å². The average molecular weight is 301 g/mol. The summed E-state index contributed by atoms with van der Waals surface area (Å²) in [5.41, 5.74) is 0.957. The number of carbonyl (C=O) groups is 1. The standard InChI is InChI=1S/C13H14F3N3O2/c1-8-11(9(2)18-17-8)12(20)19(7-13(14,15)16)6-10-4-3-5-21-10/h3-5H,6-7H2,1-2H3,(H,17,18). The van der Waals surface area contributed by atoms with E-state index in [1.807, 2.05) is 0 Å². The number of hydrogen-bond acceptors (Lipinski definition) is 3. The van der Waals surface area contributed by atoms with Crippen molar-refractivity contribution in [3.05, 3.63) is 41.1 Å². The molecule has 2 aromatic rings. The Balaban J connectivity index is 2.28. The van der Waals surface area contributed by atoms with Crippen LogP contribution >= 0.6 is 0 Å². The summed E-state index contributed by atoms with van der Waals surface area (Å²) in [6, 6.07) is 3.08. The number of rotatable bonds is 4. The molecule has 2 rings (SSSR count). The van der Waals surface area contributed by atoms with Gasteiger partial charge in [-0.05, 0) is 26.0 Å². The molecule has 21 heavy (non-hydrogen) atoms. The minimum Gasteiger partial charge on any atom is -0.467 e. The maximum atomic E-state index is 12.7. The molecule has 0 bridgehead atoms. The summed E-state index contributed by atoms with van der Waals surface area (Å²) >= 11 is 0. The Morgan fingerprint density at radius 2 is 2.14 bits per heavy atom. The van der Waals surface area contributed by atoms with Crippen molar-refractivity contribution >= 4 is 5.91 Å². The molecule has 0 saturated carbocycles. The van der Waals surface area contributed by atoms with E-state index in [4.69, 9.17) is 4.42 Å². The Bertz CT molecular complexity index is 598. The number of halogens is 3. The fraction of sp³-hybridized carbons (Fsp3) is 0.385. The number of aromatic amines is 1. The highest BCUT2D eigenvalue weighted by Gasteiger charge is 2.35. The maximum Gasteiger partial charge on any atom is 0.406 e. The number of amides is 1. The molecular formula is C13H14F3N3O2. The quantitative estimate of drug-likeness (QED) is 0.944. The van der Waals surface area contributed by atoms with Crippen LogP contribution in [0.5, 0.6) is 0 Å². The summed E-state index contributed by atoms with van der Waals surface area (Å²) in [7, 11) is 0. The lowest BCUT2D eigenvalue weighted by Crippen LogP contribution is -2.38. The van der Waals surface area contributed by atoms with Gasteiger partial charge in [0.25, 0.3) is 5.91 Å². The molecule has 0 aliphatic heterocycles. The number of aromatic nitrogens is 2. The van der Waals surface area contributed by atoms with Crippen LogP contribution in [0.15, 0.2) is 22.8 Å². The summed E-state index contributed by atoms with van der Waals surface area (Å²) in [5, 5.41) is 6.43. The molecule has 5 nitrogen and oxygen atoms in total. The third-order valence-electron chi connectivity index (χ3n) is 2.93. The van der Waals surface area contributed by atoms with Gasteiger partial charge in [0.15, 0.2) is 0 Å². The minimum atomic E-state index is -4.49. The van der Waals surface area contributed by atoms with Crippen molar-refractivity contribution < 1.29 is 22.4 Å². The first-order valence-corrected chi connectivity index (χ1v) is 6.18. The van der Waals surface area contributed by atoms with E-state index in [-0.39, 0.29) is 17.9 Å². The molecule has 8 heteroatoms. The first kappa shape index (κ1) is 15.1. The summed E-state index contributed by atoms with van der Waals surface area (Å²) in [6.45, 7) is 1.55. The molecule has 2 heterocycles. The molecule has 0 aliphatic rings. The highest BCUT2D eigenvalue weighted by molar-refractivity contribution is 5.96. The van der Waals surface area contributed by atoms with E-state index >= 15 is 0 Å². The molecule has 0 aromatic carbocycles. The predicted octanol–water partition coefficient (Wildman–Crippen LogP) is 2.82. The number of nitrogens with one attached hydrogen (secondary N) is 1. The first-order chi connectivity index (χ1) is 9.78. The molecule has 0 atom stereocenters. The van der Waals surface area contributed by atoms with Crippen molar-refractivity contribution in [2.45, 2.75) is 26.6 Å². The lowest BCUT2D eigenvalue weighted by molar-refractivity contribution is -0.142.